The normalized spacial score (nSPS) is 19.0. The Morgan fingerprint density at radius 1 is 1.08 bits per heavy atom. The minimum absolute atomic E-state index is 0.00811. The molecule has 1 aliphatic heterocycles. The van der Waals surface area contributed by atoms with Crippen LogP contribution < -0.4 is 14.8 Å². The summed E-state index contributed by atoms with van der Waals surface area (Å²) in [5, 5.41) is 15.5. The van der Waals surface area contributed by atoms with Crippen molar-refractivity contribution in [3.05, 3.63) is 59.7 Å². The molecule has 7 heteroatoms. The maximum Gasteiger partial charge on any atom is 0.243 e. The van der Waals surface area contributed by atoms with Crippen molar-refractivity contribution in [1.29, 1.82) is 0 Å². The first-order valence-electron chi connectivity index (χ1n) is 8.11. The summed E-state index contributed by atoms with van der Waals surface area (Å²) in [6.45, 7) is 0. The van der Waals surface area contributed by atoms with E-state index in [1.165, 1.54) is 5.56 Å². The molecule has 3 aromatic rings. The van der Waals surface area contributed by atoms with E-state index in [9.17, 15) is 0 Å². The Labute approximate surface area is 145 Å². The number of anilines is 1. The number of hydrogen-bond donors (Lipinski definition) is 1. The van der Waals surface area contributed by atoms with E-state index >= 15 is 0 Å². The summed E-state index contributed by atoms with van der Waals surface area (Å²) in [4.78, 5) is 0. The highest BCUT2D eigenvalue weighted by atomic mass is 16.5. The summed E-state index contributed by atoms with van der Waals surface area (Å²) < 4.78 is 12.8. The molecule has 7 nitrogen and oxygen atoms in total. The lowest BCUT2D eigenvalue weighted by molar-refractivity contribution is 0.382. The minimum Gasteiger partial charge on any atom is -0.497 e. The molecule has 0 saturated heterocycles. The van der Waals surface area contributed by atoms with Gasteiger partial charge in [0, 0.05) is 5.56 Å². The largest absolute Gasteiger partial charge is 0.497 e. The summed E-state index contributed by atoms with van der Waals surface area (Å²) in [5.41, 5.74) is 2.20. The zero-order valence-corrected chi connectivity index (χ0v) is 14.1. The lowest BCUT2D eigenvalue weighted by Crippen LogP contribution is -2.28. The molecule has 0 bridgehead atoms. The highest BCUT2D eigenvalue weighted by Crippen LogP contribution is 2.40. The third-order valence-corrected chi connectivity index (χ3v) is 4.55. The van der Waals surface area contributed by atoms with Gasteiger partial charge in [-0.1, -0.05) is 35.4 Å². The summed E-state index contributed by atoms with van der Waals surface area (Å²) in [6, 6.07) is 16.1. The second kappa shape index (κ2) is 6.43. The Bertz CT molecular complexity index is 865. The van der Waals surface area contributed by atoms with Crippen molar-refractivity contribution in [1.82, 2.24) is 20.2 Å². The Morgan fingerprint density at radius 2 is 1.92 bits per heavy atom. The van der Waals surface area contributed by atoms with Crippen molar-refractivity contribution >= 4 is 5.95 Å². The van der Waals surface area contributed by atoms with E-state index in [2.05, 4.69) is 33.0 Å². The van der Waals surface area contributed by atoms with Gasteiger partial charge in [-0.3, -0.25) is 0 Å². The molecular formula is C18H19N5O2. The van der Waals surface area contributed by atoms with Crippen LogP contribution in [-0.4, -0.2) is 34.4 Å². The van der Waals surface area contributed by atoms with Crippen LogP contribution >= 0.6 is 0 Å². The molecule has 0 fully saturated rings. The van der Waals surface area contributed by atoms with Crippen LogP contribution in [-0.2, 0) is 0 Å². The standard InChI is InChI=1S/C18H19N5O2/c1-24-13-8-9-17(25-2)14(10-13)15-11-16(12-6-4-3-5-7-12)23-18(19-15)20-21-22-23/h3-10,15-16H,11H2,1-2H3,(H,19,20,22)/t15-,16+/m0/s1. The summed E-state index contributed by atoms with van der Waals surface area (Å²) >= 11 is 0. The quantitative estimate of drug-likeness (QED) is 0.789. The topological polar surface area (TPSA) is 74.1 Å². The van der Waals surface area contributed by atoms with Crippen LogP contribution in [0, 0.1) is 0 Å². The molecule has 1 aliphatic rings. The van der Waals surface area contributed by atoms with Crippen molar-refractivity contribution < 1.29 is 9.47 Å². The highest BCUT2D eigenvalue weighted by Gasteiger charge is 2.32. The van der Waals surface area contributed by atoms with Gasteiger partial charge in [0.05, 0.1) is 26.3 Å². The molecule has 4 rings (SSSR count). The number of rotatable bonds is 4. The van der Waals surface area contributed by atoms with Crippen LogP contribution in [0.4, 0.5) is 5.95 Å². The van der Waals surface area contributed by atoms with Gasteiger partial charge in [0.2, 0.25) is 5.95 Å². The average molecular weight is 337 g/mol. The van der Waals surface area contributed by atoms with Gasteiger partial charge >= 0.3 is 0 Å². The number of aromatic nitrogens is 4. The number of methoxy groups -OCH3 is 2. The van der Waals surface area contributed by atoms with Crippen LogP contribution in [0.2, 0.25) is 0 Å². The van der Waals surface area contributed by atoms with Gasteiger partial charge in [0.15, 0.2) is 0 Å². The van der Waals surface area contributed by atoms with Crippen LogP contribution in [0.25, 0.3) is 0 Å². The van der Waals surface area contributed by atoms with Gasteiger partial charge < -0.3 is 14.8 Å². The fourth-order valence-electron chi connectivity index (χ4n) is 3.31. The molecule has 0 spiro atoms. The second-order valence-corrected chi connectivity index (χ2v) is 5.91. The number of fused-ring (bicyclic) bond motifs is 1. The van der Waals surface area contributed by atoms with E-state index in [-0.39, 0.29) is 12.1 Å². The third kappa shape index (κ3) is 2.77. The van der Waals surface area contributed by atoms with Crippen LogP contribution in [0.1, 0.15) is 29.6 Å². The minimum atomic E-state index is 0.00811. The van der Waals surface area contributed by atoms with Crippen molar-refractivity contribution in [3.63, 3.8) is 0 Å². The van der Waals surface area contributed by atoms with E-state index in [0.29, 0.717) is 5.95 Å². The highest BCUT2D eigenvalue weighted by molar-refractivity contribution is 5.47. The predicted molar refractivity (Wildman–Crippen MR) is 92.9 cm³/mol. The molecule has 128 valence electrons. The number of nitrogens with one attached hydrogen (secondary N) is 1. The molecule has 2 aromatic carbocycles. The smallest absolute Gasteiger partial charge is 0.243 e. The molecule has 2 atom stereocenters. The van der Waals surface area contributed by atoms with E-state index in [4.69, 9.17) is 9.47 Å². The molecular weight excluding hydrogens is 318 g/mol. The molecule has 0 radical (unpaired) electrons. The van der Waals surface area contributed by atoms with Gasteiger partial charge in [-0.2, -0.15) is 0 Å². The summed E-state index contributed by atoms with van der Waals surface area (Å²) in [5.74, 6) is 2.25. The van der Waals surface area contributed by atoms with E-state index < -0.39 is 0 Å². The summed E-state index contributed by atoms with van der Waals surface area (Å²) in [6.07, 6.45) is 0.797. The van der Waals surface area contributed by atoms with Crippen molar-refractivity contribution in [2.24, 2.45) is 0 Å². The molecule has 0 aliphatic carbocycles. The van der Waals surface area contributed by atoms with Crippen molar-refractivity contribution in [2.45, 2.75) is 18.5 Å². The molecule has 0 saturated carbocycles. The number of nitrogens with zero attached hydrogens (tertiary/aromatic N) is 4. The van der Waals surface area contributed by atoms with Gasteiger partial charge in [-0.15, -0.1) is 0 Å². The van der Waals surface area contributed by atoms with Crippen molar-refractivity contribution in [3.8, 4) is 11.5 Å². The number of ether oxygens (including phenoxy) is 2. The Hall–Kier alpha value is -3.09. The van der Waals surface area contributed by atoms with E-state index in [1.54, 1.807) is 14.2 Å². The third-order valence-electron chi connectivity index (χ3n) is 4.55. The SMILES string of the molecule is COc1ccc(OC)c([C@@H]2C[C@H](c3ccccc3)n3nnnc3N2)c1. The Balaban J connectivity index is 1.76. The maximum absolute atomic E-state index is 5.55. The lowest BCUT2D eigenvalue weighted by atomic mass is 9.92. The molecule has 0 unspecified atom stereocenters. The molecule has 2 heterocycles. The fourth-order valence-corrected chi connectivity index (χ4v) is 3.31. The lowest BCUT2D eigenvalue weighted by Gasteiger charge is -2.31. The number of hydrogen-bond acceptors (Lipinski definition) is 6. The van der Waals surface area contributed by atoms with Crippen LogP contribution in [0.15, 0.2) is 48.5 Å². The fraction of sp³-hybridized carbons (Fsp3) is 0.278. The molecule has 0 amide bonds. The zero-order chi connectivity index (χ0) is 17.2. The number of tetrazole rings is 1. The Kier molecular flexibility index (Phi) is 3.97. The van der Waals surface area contributed by atoms with Gasteiger partial charge in [-0.25, -0.2) is 4.68 Å². The predicted octanol–water partition coefficient (Wildman–Crippen LogP) is 2.84. The van der Waals surface area contributed by atoms with Gasteiger partial charge in [0.1, 0.15) is 11.5 Å². The first kappa shape index (κ1) is 15.4. The molecule has 1 aromatic heterocycles. The number of benzene rings is 2. The zero-order valence-electron chi connectivity index (χ0n) is 14.1. The van der Waals surface area contributed by atoms with Gasteiger partial charge in [0.25, 0.3) is 0 Å². The van der Waals surface area contributed by atoms with Crippen LogP contribution in [0.3, 0.4) is 0 Å². The van der Waals surface area contributed by atoms with E-state index in [1.807, 2.05) is 41.1 Å². The summed E-state index contributed by atoms with van der Waals surface area (Å²) in [7, 11) is 3.33. The molecule has 25 heavy (non-hydrogen) atoms. The van der Waals surface area contributed by atoms with Crippen LogP contribution in [0.5, 0.6) is 11.5 Å². The van der Waals surface area contributed by atoms with Gasteiger partial charge in [-0.05, 0) is 40.6 Å². The Morgan fingerprint density at radius 3 is 2.68 bits per heavy atom. The second-order valence-electron chi connectivity index (χ2n) is 5.91. The van der Waals surface area contributed by atoms with Crippen molar-refractivity contribution in [2.75, 3.05) is 19.5 Å². The first-order valence-corrected chi connectivity index (χ1v) is 8.11. The van der Waals surface area contributed by atoms with E-state index in [0.717, 1.165) is 23.5 Å². The maximum atomic E-state index is 5.55. The molecule has 1 N–H and O–H groups in total. The monoisotopic (exact) mass is 337 g/mol. The average Bonchev–Trinajstić information content (AvgIpc) is 3.16. The first-order chi connectivity index (χ1) is 12.3.